The molecule has 0 spiro atoms. The van der Waals surface area contributed by atoms with Gasteiger partial charge in [0, 0.05) is 36.2 Å². The van der Waals surface area contributed by atoms with Crippen LogP contribution in [-0.4, -0.2) is 16.7 Å². The molecule has 4 nitrogen and oxygen atoms in total. The number of carbonyl (C=O) groups is 2. The first-order valence-corrected chi connectivity index (χ1v) is 9.41. The molecule has 2 aromatic rings. The molecule has 0 fully saturated rings. The van der Waals surface area contributed by atoms with Gasteiger partial charge in [-0.05, 0) is 36.5 Å². The maximum atomic E-state index is 13.2. The third-order valence-electron chi connectivity index (χ3n) is 5.49. The molecule has 138 valence electrons. The van der Waals surface area contributed by atoms with Gasteiger partial charge in [0.15, 0.2) is 5.78 Å². The normalized spacial score (nSPS) is 22.0. The van der Waals surface area contributed by atoms with Crippen LogP contribution in [0.1, 0.15) is 50.2 Å². The summed E-state index contributed by atoms with van der Waals surface area (Å²) in [6, 6.07) is 11.9. The Morgan fingerprint density at radius 2 is 1.93 bits per heavy atom. The molecule has 1 atom stereocenters. The van der Waals surface area contributed by atoms with E-state index in [2.05, 4.69) is 24.9 Å². The lowest BCUT2D eigenvalue weighted by molar-refractivity contribution is -0.121. The molecule has 0 N–H and O–H groups in total. The molecule has 27 heavy (non-hydrogen) atoms. The zero-order chi connectivity index (χ0) is 19.2. The van der Waals surface area contributed by atoms with E-state index in [4.69, 9.17) is 0 Å². The number of rotatable bonds is 2. The van der Waals surface area contributed by atoms with Crippen molar-refractivity contribution >= 4 is 17.4 Å². The largest absolute Gasteiger partial charge is 0.294 e. The Labute approximate surface area is 159 Å². The van der Waals surface area contributed by atoms with Gasteiger partial charge in [0.1, 0.15) is 0 Å². The molecule has 2 aliphatic rings. The summed E-state index contributed by atoms with van der Waals surface area (Å²) in [5, 5.41) is 0. The minimum Gasteiger partial charge on any atom is -0.294 e. The fourth-order valence-corrected chi connectivity index (χ4v) is 4.37. The summed E-state index contributed by atoms with van der Waals surface area (Å²) >= 11 is 0. The first-order chi connectivity index (χ1) is 12.9. The van der Waals surface area contributed by atoms with Gasteiger partial charge in [-0.1, -0.05) is 43.7 Å². The maximum absolute atomic E-state index is 13.2. The highest BCUT2D eigenvalue weighted by molar-refractivity contribution is 6.07. The molecule has 0 saturated carbocycles. The Hall–Kier alpha value is -2.75. The van der Waals surface area contributed by atoms with Crippen LogP contribution in [-0.2, 0) is 9.59 Å². The van der Waals surface area contributed by atoms with Gasteiger partial charge >= 0.3 is 0 Å². The molecule has 1 aromatic heterocycles. The van der Waals surface area contributed by atoms with E-state index in [1.165, 1.54) is 0 Å². The number of amides is 1. The van der Waals surface area contributed by atoms with Crippen molar-refractivity contribution in [3.05, 3.63) is 71.2 Å². The molecule has 1 aromatic carbocycles. The second kappa shape index (κ2) is 6.45. The van der Waals surface area contributed by atoms with Crippen molar-refractivity contribution in [2.45, 2.75) is 46.0 Å². The van der Waals surface area contributed by atoms with Crippen molar-refractivity contribution in [3.63, 3.8) is 0 Å². The van der Waals surface area contributed by atoms with Gasteiger partial charge in [-0.2, -0.15) is 0 Å². The topological polar surface area (TPSA) is 50.3 Å². The van der Waals surface area contributed by atoms with Gasteiger partial charge in [0.05, 0.1) is 11.9 Å². The summed E-state index contributed by atoms with van der Waals surface area (Å²) in [6.45, 7) is 6.23. The number of Topliss-reactive ketones (excluding diaryl/α,β-unsaturated/α-hetero) is 1. The molecule has 1 amide bonds. The lowest BCUT2D eigenvalue weighted by Gasteiger charge is -2.42. The van der Waals surface area contributed by atoms with Crippen molar-refractivity contribution in [1.82, 2.24) is 4.98 Å². The third kappa shape index (κ3) is 3.20. The Kier molecular flexibility index (Phi) is 4.22. The van der Waals surface area contributed by atoms with Crippen LogP contribution in [0.25, 0.3) is 0 Å². The van der Waals surface area contributed by atoms with Crippen molar-refractivity contribution in [2.75, 3.05) is 4.90 Å². The van der Waals surface area contributed by atoms with Crippen molar-refractivity contribution in [2.24, 2.45) is 5.41 Å². The average molecular weight is 360 g/mol. The number of aromatic nitrogens is 1. The van der Waals surface area contributed by atoms with Gasteiger partial charge in [0.25, 0.3) is 0 Å². The van der Waals surface area contributed by atoms with Gasteiger partial charge in [-0.25, -0.2) is 0 Å². The monoisotopic (exact) mass is 360 g/mol. The Morgan fingerprint density at radius 1 is 1.11 bits per heavy atom. The summed E-state index contributed by atoms with van der Waals surface area (Å²) in [6.07, 6.45) is 4.92. The number of anilines is 1. The van der Waals surface area contributed by atoms with E-state index in [1.54, 1.807) is 17.3 Å². The quantitative estimate of drug-likeness (QED) is 0.789. The Morgan fingerprint density at radius 3 is 2.63 bits per heavy atom. The Balaban J connectivity index is 1.90. The van der Waals surface area contributed by atoms with Crippen LogP contribution in [0.3, 0.4) is 0 Å². The van der Waals surface area contributed by atoms with Crippen LogP contribution in [0.5, 0.6) is 0 Å². The van der Waals surface area contributed by atoms with Crippen LogP contribution in [0, 0.1) is 12.3 Å². The summed E-state index contributed by atoms with van der Waals surface area (Å²) in [5.74, 6) is 0.0248. The fraction of sp³-hybridized carbons (Fsp3) is 0.348. The molecule has 0 bridgehead atoms. The molecule has 4 heteroatoms. The van der Waals surface area contributed by atoms with Crippen LogP contribution in [0.4, 0.5) is 5.69 Å². The second-order valence-corrected chi connectivity index (χ2v) is 8.41. The SMILES string of the molecule is Cc1cccc(C2CC(=O)N(c3cccnc3)C3=C2C(=O)CC(C)(C)C3)c1. The number of nitrogens with zero attached hydrogens (tertiary/aromatic N) is 2. The van der Waals surface area contributed by atoms with Crippen LogP contribution < -0.4 is 4.90 Å². The van der Waals surface area contributed by atoms with Crippen LogP contribution >= 0.6 is 0 Å². The lowest BCUT2D eigenvalue weighted by atomic mass is 9.69. The molecule has 0 radical (unpaired) electrons. The lowest BCUT2D eigenvalue weighted by Crippen LogP contribution is -2.43. The molecule has 2 heterocycles. The maximum Gasteiger partial charge on any atom is 0.232 e. The summed E-state index contributed by atoms with van der Waals surface area (Å²) in [5.41, 5.74) is 4.43. The number of benzene rings is 1. The zero-order valence-electron chi connectivity index (χ0n) is 16.0. The zero-order valence-corrected chi connectivity index (χ0v) is 16.0. The Bertz CT molecular complexity index is 944. The fourth-order valence-electron chi connectivity index (χ4n) is 4.37. The highest BCUT2D eigenvalue weighted by Crippen LogP contribution is 2.48. The van der Waals surface area contributed by atoms with Crippen molar-refractivity contribution in [1.29, 1.82) is 0 Å². The smallest absolute Gasteiger partial charge is 0.232 e. The highest BCUT2D eigenvalue weighted by atomic mass is 16.2. The molecular weight excluding hydrogens is 336 g/mol. The van der Waals surface area contributed by atoms with Crippen molar-refractivity contribution < 1.29 is 9.59 Å². The summed E-state index contributed by atoms with van der Waals surface area (Å²) < 4.78 is 0. The van der Waals surface area contributed by atoms with Gasteiger partial charge < -0.3 is 0 Å². The minimum absolute atomic E-state index is 0.0266. The first kappa shape index (κ1) is 17.7. The van der Waals surface area contributed by atoms with Crippen molar-refractivity contribution in [3.8, 4) is 0 Å². The van der Waals surface area contributed by atoms with E-state index < -0.39 is 0 Å². The number of aryl methyl sites for hydroxylation is 1. The molecule has 0 saturated heterocycles. The number of hydrogen-bond donors (Lipinski definition) is 0. The predicted octanol–water partition coefficient (Wildman–Crippen LogP) is 4.55. The molecular formula is C23H24N2O2. The number of allylic oxidation sites excluding steroid dienone is 2. The molecule has 1 aliphatic heterocycles. The minimum atomic E-state index is -0.163. The number of carbonyl (C=O) groups excluding carboxylic acids is 2. The molecule has 1 aliphatic carbocycles. The number of pyridine rings is 1. The van der Waals surface area contributed by atoms with E-state index in [0.29, 0.717) is 19.3 Å². The van der Waals surface area contributed by atoms with Crippen LogP contribution in [0.2, 0.25) is 0 Å². The number of hydrogen-bond acceptors (Lipinski definition) is 3. The summed E-state index contributed by atoms with van der Waals surface area (Å²) in [7, 11) is 0. The van der Waals surface area contributed by atoms with Gasteiger partial charge in [0.2, 0.25) is 5.91 Å². The molecule has 1 unspecified atom stereocenters. The number of ketones is 1. The van der Waals surface area contributed by atoms with Crippen LogP contribution in [0.15, 0.2) is 60.1 Å². The van der Waals surface area contributed by atoms with E-state index in [0.717, 1.165) is 28.1 Å². The van der Waals surface area contributed by atoms with E-state index in [1.807, 2.05) is 37.3 Å². The van der Waals surface area contributed by atoms with E-state index in [-0.39, 0.29) is 23.0 Å². The van der Waals surface area contributed by atoms with Gasteiger partial charge in [-0.15, -0.1) is 0 Å². The van der Waals surface area contributed by atoms with E-state index >= 15 is 0 Å². The summed E-state index contributed by atoms with van der Waals surface area (Å²) in [4.78, 5) is 32.3. The highest BCUT2D eigenvalue weighted by Gasteiger charge is 2.44. The standard InChI is InChI=1S/C23H24N2O2/c1-15-6-4-7-16(10-15)18-11-21(27)25(17-8-5-9-24-14-17)19-12-23(2,3)13-20(26)22(18)19/h4-10,14,18H,11-13H2,1-3H3. The van der Waals surface area contributed by atoms with Gasteiger partial charge in [-0.3, -0.25) is 19.5 Å². The average Bonchev–Trinajstić information content (AvgIpc) is 2.60. The molecule has 4 rings (SSSR count). The first-order valence-electron chi connectivity index (χ1n) is 9.41. The predicted molar refractivity (Wildman–Crippen MR) is 105 cm³/mol. The van der Waals surface area contributed by atoms with E-state index in [9.17, 15) is 9.59 Å². The third-order valence-corrected chi connectivity index (χ3v) is 5.49. The second-order valence-electron chi connectivity index (χ2n) is 8.41.